The van der Waals surface area contributed by atoms with E-state index in [1.54, 1.807) is 6.26 Å². The lowest BCUT2D eigenvalue weighted by atomic mass is 9.90. The summed E-state index contributed by atoms with van der Waals surface area (Å²) in [6.07, 6.45) is 3.61. The topological polar surface area (TPSA) is 49.0 Å². The molecule has 16 heavy (non-hydrogen) atoms. The number of rotatable bonds is 6. The fraction of sp³-hybridized carbons (Fsp3) is 0.615. The average Bonchev–Trinajstić information content (AvgIpc) is 2.77. The zero-order chi connectivity index (χ0) is 12.0. The molecule has 0 bridgehead atoms. The van der Waals surface area contributed by atoms with Crippen molar-refractivity contribution >= 4 is 0 Å². The highest BCUT2D eigenvalue weighted by atomic mass is 16.3. The zero-order valence-electron chi connectivity index (χ0n) is 10.3. The van der Waals surface area contributed by atoms with Gasteiger partial charge in [0, 0.05) is 0 Å². The second-order valence-corrected chi connectivity index (χ2v) is 4.79. The van der Waals surface area contributed by atoms with Crippen LogP contribution in [-0.2, 0) is 0 Å². The number of hydrogen-bond donors (Lipinski definition) is 1. The molecule has 0 radical (unpaired) electrons. The molecular weight excluding hydrogens is 200 g/mol. The van der Waals surface area contributed by atoms with E-state index in [0.717, 1.165) is 25.1 Å². The molecule has 0 unspecified atom stereocenters. The van der Waals surface area contributed by atoms with Crippen molar-refractivity contribution in [3.05, 3.63) is 24.2 Å². The summed E-state index contributed by atoms with van der Waals surface area (Å²) in [5, 5.41) is 12.2. The fourth-order valence-corrected chi connectivity index (χ4v) is 1.54. The van der Waals surface area contributed by atoms with Crippen molar-refractivity contribution < 1.29 is 4.42 Å². The summed E-state index contributed by atoms with van der Waals surface area (Å²) in [6, 6.07) is 6.41. The van der Waals surface area contributed by atoms with Crippen LogP contribution < -0.4 is 5.32 Å². The minimum atomic E-state index is -0.213. The summed E-state index contributed by atoms with van der Waals surface area (Å²) in [5.41, 5.74) is -0.213. The van der Waals surface area contributed by atoms with Gasteiger partial charge in [-0.15, -0.1) is 0 Å². The van der Waals surface area contributed by atoms with Crippen molar-refractivity contribution in [2.45, 2.75) is 39.7 Å². The van der Waals surface area contributed by atoms with E-state index in [-0.39, 0.29) is 11.5 Å². The monoisotopic (exact) mass is 220 g/mol. The number of hydrogen-bond acceptors (Lipinski definition) is 3. The molecule has 1 rings (SSSR count). The molecule has 0 aliphatic rings. The molecule has 0 saturated carbocycles. The van der Waals surface area contributed by atoms with Crippen LogP contribution in [0.1, 0.15) is 45.4 Å². The molecule has 0 aliphatic heterocycles. The Hall–Kier alpha value is -1.27. The van der Waals surface area contributed by atoms with E-state index in [1.165, 1.54) is 0 Å². The highest BCUT2D eigenvalue weighted by molar-refractivity contribution is 5.02. The quantitative estimate of drug-likeness (QED) is 0.748. The van der Waals surface area contributed by atoms with Crippen molar-refractivity contribution in [1.82, 2.24) is 5.32 Å². The van der Waals surface area contributed by atoms with E-state index in [4.69, 9.17) is 9.68 Å². The van der Waals surface area contributed by atoms with Crippen LogP contribution in [0.3, 0.4) is 0 Å². The first-order chi connectivity index (χ1) is 7.55. The number of furan rings is 1. The van der Waals surface area contributed by atoms with Gasteiger partial charge >= 0.3 is 0 Å². The van der Waals surface area contributed by atoms with Gasteiger partial charge in [-0.2, -0.15) is 5.26 Å². The summed E-state index contributed by atoms with van der Waals surface area (Å²) in [4.78, 5) is 0. The van der Waals surface area contributed by atoms with Gasteiger partial charge in [-0.05, 0) is 52.3 Å². The summed E-state index contributed by atoms with van der Waals surface area (Å²) in [6.45, 7) is 6.94. The van der Waals surface area contributed by atoms with Crippen molar-refractivity contribution in [1.29, 1.82) is 5.26 Å². The molecule has 1 N–H and O–H groups in total. The molecule has 0 amide bonds. The van der Waals surface area contributed by atoms with Gasteiger partial charge in [0.05, 0.1) is 23.8 Å². The second-order valence-electron chi connectivity index (χ2n) is 4.79. The summed E-state index contributed by atoms with van der Waals surface area (Å²) in [7, 11) is 0. The van der Waals surface area contributed by atoms with Crippen molar-refractivity contribution in [2.24, 2.45) is 5.41 Å². The van der Waals surface area contributed by atoms with Crippen LogP contribution in [0.4, 0.5) is 0 Å². The normalized spacial score (nSPS) is 13.4. The molecule has 3 nitrogen and oxygen atoms in total. The Morgan fingerprint density at radius 1 is 1.56 bits per heavy atom. The van der Waals surface area contributed by atoms with Crippen molar-refractivity contribution in [3.63, 3.8) is 0 Å². The van der Waals surface area contributed by atoms with Gasteiger partial charge in [0.1, 0.15) is 5.76 Å². The summed E-state index contributed by atoms with van der Waals surface area (Å²) >= 11 is 0. The lowest BCUT2D eigenvalue weighted by molar-refractivity contribution is 0.395. The molecule has 1 aromatic rings. The van der Waals surface area contributed by atoms with Gasteiger partial charge in [-0.1, -0.05) is 0 Å². The van der Waals surface area contributed by atoms with E-state index >= 15 is 0 Å². The lowest BCUT2D eigenvalue weighted by Crippen LogP contribution is -2.21. The Morgan fingerprint density at radius 3 is 2.88 bits per heavy atom. The van der Waals surface area contributed by atoms with E-state index < -0.39 is 0 Å². The molecule has 0 saturated heterocycles. The predicted molar refractivity (Wildman–Crippen MR) is 63.8 cm³/mol. The third-order valence-electron chi connectivity index (χ3n) is 2.70. The Bertz CT molecular complexity index is 335. The fourth-order valence-electron chi connectivity index (χ4n) is 1.54. The Balaban J connectivity index is 2.20. The van der Waals surface area contributed by atoms with Gasteiger partial charge < -0.3 is 9.73 Å². The van der Waals surface area contributed by atoms with Crippen LogP contribution in [0.5, 0.6) is 0 Å². The molecule has 0 spiro atoms. The van der Waals surface area contributed by atoms with Crippen LogP contribution in [0, 0.1) is 16.7 Å². The largest absolute Gasteiger partial charge is 0.468 e. The van der Waals surface area contributed by atoms with Gasteiger partial charge in [0.2, 0.25) is 0 Å². The average molecular weight is 220 g/mol. The van der Waals surface area contributed by atoms with Crippen LogP contribution in [0.2, 0.25) is 0 Å². The molecule has 0 fully saturated rings. The van der Waals surface area contributed by atoms with E-state index in [9.17, 15) is 0 Å². The van der Waals surface area contributed by atoms with Gasteiger partial charge in [-0.25, -0.2) is 0 Å². The predicted octanol–water partition coefficient (Wildman–Crippen LogP) is 3.26. The van der Waals surface area contributed by atoms with Gasteiger partial charge in [0.15, 0.2) is 0 Å². The maximum atomic E-state index is 8.87. The Kier molecular flexibility index (Phi) is 4.57. The highest BCUT2D eigenvalue weighted by Gasteiger charge is 2.15. The minimum Gasteiger partial charge on any atom is -0.468 e. The standard InChI is InChI=1S/C13H20N2O/c1-11(12-6-4-9-16-12)15-8-5-7-13(2,3)10-14/h4,6,9,11,15H,5,7-8H2,1-3H3/t11-/m0/s1. The first-order valence-corrected chi connectivity index (χ1v) is 5.73. The third kappa shape index (κ3) is 4.08. The smallest absolute Gasteiger partial charge is 0.120 e. The van der Waals surface area contributed by atoms with Crippen LogP contribution in [0.25, 0.3) is 0 Å². The van der Waals surface area contributed by atoms with Crippen LogP contribution in [0.15, 0.2) is 22.8 Å². The Labute approximate surface area is 97.5 Å². The molecule has 1 aromatic heterocycles. The van der Waals surface area contributed by atoms with Crippen molar-refractivity contribution in [3.8, 4) is 6.07 Å². The van der Waals surface area contributed by atoms with Crippen LogP contribution in [-0.4, -0.2) is 6.54 Å². The number of nitrogens with zero attached hydrogens (tertiary/aromatic N) is 1. The van der Waals surface area contributed by atoms with E-state index in [2.05, 4.69) is 18.3 Å². The maximum Gasteiger partial charge on any atom is 0.120 e. The van der Waals surface area contributed by atoms with Crippen molar-refractivity contribution in [2.75, 3.05) is 6.54 Å². The lowest BCUT2D eigenvalue weighted by Gasteiger charge is -2.16. The second kappa shape index (κ2) is 5.72. The zero-order valence-corrected chi connectivity index (χ0v) is 10.3. The first kappa shape index (κ1) is 12.8. The SMILES string of the molecule is C[C@H](NCCCC(C)(C)C#N)c1ccco1. The van der Waals surface area contributed by atoms with E-state index in [0.29, 0.717) is 0 Å². The molecule has 0 aromatic carbocycles. The first-order valence-electron chi connectivity index (χ1n) is 5.73. The molecule has 88 valence electrons. The van der Waals surface area contributed by atoms with Gasteiger partial charge in [0.25, 0.3) is 0 Å². The summed E-state index contributed by atoms with van der Waals surface area (Å²) in [5.74, 6) is 0.958. The molecule has 0 aliphatic carbocycles. The van der Waals surface area contributed by atoms with Crippen LogP contribution >= 0.6 is 0 Å². The summed E-state index contributed by atoms with van der Waals surface area (Å²) < 4.78 is 5.30. The number of nitrogens with one attached hydrogen (secondary N) is 1. The highest BCUT2D eigenvalue weighted by Crippen LogP contribution is 2.20. The molecule has 1 atom stereocenters. The van der Waals surface area contributed by atoms with Gasteiger partial charge in [-0.3, -0.25) is 0 Å². The molecule has 1 heterocycles. The Morgan fingerprint density at radius 2 is 2.31 bits per heavy atom. The third-order valence-corrected chi connectivity index (χ3v) is 2.70. The minimum absolute atomic E-state index is 0.213. The number of nitriles is 1. The maximum absolute atomic E-state index is 8.87. The molecule has 3 heteroatoms. The van der Waals surface area contributed by atoms with E-state index in [1.807, 2.05) is 26.0 Å². The molecular formula is C13H20N2O.